The molecule has 1 rings (SSSR count). The molecule has 1 atom stereocenters. The fourth-order valence-electron chi connectivity index (χ4n) is 0.887. The predicted molar refractivity (Wildman–Crippen MR) is 47.9 cm³/mol. The lowest BCUT2D eigenvalue weighted by atomic mass is 10.3. The molecule has 6 nitrogen and oxygen atoms in total. The quantitative estimate of drug-likeness (QED) is 0.393. The summed E-state index contributed by atoms with van der Waals surface area (Å²) in [6, 6.07) is -0.381. The number of nitrogens with one attached hydrogen (secondary N) is 3. The Morgan fingerprint density at radius 3 is 3.00 bits per heavy atom. The smallest absolute Gasteiger partial charge is 0.321 e. The van der Waals surface area contributed by atoms with Gasteiger partial charge in [0.15, 0.2) is 6.23 Å². The monoisotopic (exact) mass is 184 g/mol. The number of carbonyl (C=O) groups is 1. The normalized spacial score (nSPS) is 21.0. The first-order chi connectivity index (χ1) is 6.11. The number of amides is 2. The van der Waals surface area contributed by atoms with Gasteiger partial charge in [-0.25, -0.2) is 9.79 Å². The van der Waals surface area contributed by atoms with Crippen molar-refractivity contribution in [3.8, 4) is 0 Å². The first-order valence-corrected chi connectivity index (χ1v) is 3.82. The summed E-state index contributed by atoms with van der Waals surface area (Å²) in [6.45, 7) is 1.77. The third-order valence-corrected chi connectivity index (χ3v) is 1.44. The molecule has 1 unspecified atom stereocenters. The van der Waals surface area contributed by atoms with Crippen molar-refractivity contribution in [2.75, 3.05) is 7.05 Å². The standard InChI is InChI=1S/C7H12N4O2/c1-4-3-5(12)10-6(9-4)11-7(13)8-2/h3,5,12H,1-2H3,(H3,8,9,10,11,13). The summed E-state index contributed by atoms with van der Waals surface area (Å²) in [7, 11) is 1.50. The van der Waals surface area contributed by atoms with Gasteiger partial charge in [-0.1, -0.05) is 0 Å². The van der Waals surface area contributed by atoms with Crippen molar-refractivity contribution in [3.63, 3.8) is 0 Å². The summed E-state index contributed by atoms with van der Waals surface area (Å²) in [6.07, 6.45) is 0.642. The van der Waals surface area contributed by atoms with Crippen molar-refractivity contribution in [2.24, 2.45) is 4.99 Å². The number of urea groups is 1. The second-order valence-electron chi connectivity index (χ2n) is 2.57. The number of rotatable bonds is 0. The molecule has 0 aromatic rings. The summed E-state index contributed by atoms with van der Waals surface area (Å²) in [5.74, 6) is 0.242. The molecule has 0 fully saturated rings. The van der Waals surface area contributed by atoms with E-state index in [0.717, 1.165) is 5.70 Å². The van der Waals surface area contributed by atoms with Gasteiger partial charge in [0.1, 0.15) is 0 Å². The summed E-state index contributed by atoms with van der Waals surface area (Å²) in [4.78, 5) is 14.6. The molecule has 72 valence electrons. The Morgan fingerprint density at radius 1 is 1.77 bits per heavy atom. The molecule has 0 aromatic carbocycles. The average Bonchev–Trinajstić information content (AvgIpc) is 2.02. The first-order valence-electron chi connectivity index (χ1n) is 3.82. The molecule has 0 saturated carbocycles. The van der Waals surface area contributed by atoms with Gasteiger partial charge < -0.3 is 15.7 Å². The van der Waals surface area contributed by atoms with E-state index in [2.05, 4.69) is 20.9 Å². The molecule has 4 N–H and O–H groups in total. The van der Waals surface area contributed by atoms with Crippen LogP contribution in [0.4, 0.5) is 4.79 Å². The van der Waals surface area contributed by atoms with E-state index >= 15 is 0 Å². The number of hydrogen-bond acceptors (Lipinski definition) is 4. The van der Waals surface area contributed by atoms with Crippen molar-refractivity contribution in [1.29, 1.82) is 0 Å². The van der Waals surface area contributed by atoms with Gasteiger partial charge in [0.25, 0.3) is 0 Å². The number of hydrogen-bond donors (Lipinski definition) is 4. The SMILES string of the molecule is CNC(=O)NC1=NC(O)C=C(C)N1. The molecule has 0 saturated heterocycles. The highest BCUT2D eigenvalue weighted by Crippen LogP contribution is 1.99. The summed E-state index contributed by atoms with van der Waals surface area (Å²) in [5.41, 5.74) is 0.744. The zero-order valence-electron chi connectivity index (χ0n) is 7.46. The minimum atomic E-state index is -0.895. The first kappa shape index (κ1) is 9.53. The molecule has 0 spiro atoms. The molecule has 2 amide bonds. The summed E-state index contributed by atoms with van der Waals surface area (Å²) >= 11 is 0. The number of guanidine groups is 1. The van der Waals surface area contributed by atoms with Gasteiger partial charge in [-0.15, -0.1) is 0 Å². The van der Waals surface area contributed by atoms with Gasteiger partial charge in [-0.05, 0) is 13.0 Å². The van der Waals surface area contributed by atoms with E-state index in [4.69, 9.17) is 5.11 Å². The number of nitrogens with zero attached hydrogens (tertiary/aromatic N) is 1. The number of aliphatic hydroxyl groups is 1. The zero-order chi connectivity index (χ0) is 9.84. The van der Waals surface area contributed by atoms with Crippen molar-refractivity contribution in [3.05, 3.63) is 11.8 Å². The van der Waals surface area contributed by atoms with Gasteiger partial charge in [-0.3, -0.25) is 5.32 Å². The Morgan fingerprint density at radius 2 is 2.46 bits per heavy atom. The van der Waals surface area contributed by atoms with Crippen LogP contribution < -0.4 is 16.0 Å². The maximum Gasteiger partial charge on any atom is 0.321 e. The van der Waals surface area contributed by atoms with Crippen LogP contribution in [-0.4, -0.2) is 30.4 Å². The van der Waals surface area contributed by atoms with E-state index in [1.54, 1.807) is 6.92 Å². The molecule has 1 heterocycles. The van der Waals surface area contributed by atoms with Crippen LogP contribution in [0.2, 0.25) is 0 Å². The Balaban J connectivity index is 2.57. The van der Waals surface area contributed by atoms with E-state index in [1.807, 2.05) is 0 Å². The lowest BCUT2D eigenvalue weighted by molar-refractivity contribution is 0.228. The average molecular weight is 184 g/mol. The van der Waals surface area contributed by atoms with Crippen LogP contribution in [0.25, 0.3) is 0 Å². The lowest BCUT2D eigenvalue weighted by Crippen LogP contribution is -2.46. The second kappa shape index (κ2) is 3.90. The van der Waals surface area contributed by atoms with E-state index in [0.29, 0.717) is 0 Å². The molecule has 0 radical (unpaired) electrons. The van der Waals surface area contributed by atoms with Crippen LogP contribution in [0, 0.1) is 0 Å². The van der Waals surface area contributed by atoms with Gasteiger partial charge in [0.2, 0.25) is 5.96 Å². The van der Waals surface area contributed by atoms with Crippen LogP contribution >= 0.6 is 0 Å². The number of aliphatic hydroxyl groups excluding tert-OH is 1. The summed E-state index contributed by atoms with van der Waals surface area (Å²) in [5, 5.41) is 16.7. The van der Waals surface area contributed by atoms with Crippen molar-refractivity contribution in [1.82, 2.24) is 16.0 Å². The molecule has 1 aliphatic rings. The molecule has 0 bridgehead atoms. The third kappa shape index (κ3) is 2.75. The second-order valence-corrected chi connectivity index (χ2v) is 2.57. The van der Waals surface area contributed by atoms with Crippen LogP contribution in [0.3, 0.4) is 0 Å². The van der Waals surface area contributed by atoms with Crippen LogP contribution in [-0.2, 0) is 0 Å². The molecular weight excluding hydrogens is 172 g/mol. The zero-order valence-corrected chi connectivity index (χ0v) is 7.46. The minimum absolute atomic E-state index is 0.242. The molecule has 1 aliphatic heterocycles. The highest BCUT2D eigenvalue weighted by Gasteiger charge is 2.11. The van der Waals surface area contributed by atoms with Crippen LogP contribution in [0.5, 0.6) is 0 Å². The molecule has 6 heteroatoms. The summed E-state index contributed by atoms with van der Waals surface area (Å²) < 4.78 is 0. The van der Waals surface area contributed by atoms with Crippen LogP contribution in [0.1, 0.15) is 6.92 Å². The molecule has 13 heavy (non-hydrogen) atoms. The lowest BCUT2D eigenvalue weighted by Gasteiger charge is -2.17. The van der Waals surface area contributed by atoms with Crippen molar-refractivity contribution in [2.45, 2.75) is 13.2 Å². The Bertz CT molecular complexity index is 272. The third-order valence-electron chi connectivity index (χ3n) is 1.44. The van der Waals surface area contributed by atoms with E-state index in [9.17, 15) is 4.79 Å². The molecular formula is C7H12N4O2. The highest BCUT2D eigenvalue weighted by molar-refractivity contribution is 5.97. The Labute approximate surface area is 75.7 Å². The molecule has 0 aliphatic carbocycles. The number of carbonyl (C=O) groups excluding carboxylic acids is 1. The largest absolute Gasteiger partial charge is 0.368 e. The number of aliphatic imine (C=N–C) groups is 1. The minimum Gasteiger partial charge on any atom is -0.368 e. The fraction of sp³-hybridized carbons (Fsp3) is 0.429. The Kier molecular flexibility index (Phi) is 2.86. The van der Waals surface area contributed by atoms with Gasteiger partial charge in [0.05, 0.1) is 0 Å². The van der Waals surface area contributed by atoms with Crippen molar-refractivity contribution >= 4 is 12.0 Å². The van der Waals surface area contributed by atoms with E-state index < -0.39 is 6.23 Å². The maximum absolute atomic E-state index is 10.8. The fourth-order valence-corrected chi connectivity index (χ4v) is 0.887. The Hall–Kier alpha value is -1.56. The van der Waals surface area contributed by atoms with Crippen molar-refractivity contribution < 1.29 is 9.90 Å². The predicted octanol–water partition coefficient (Wildman–Crippen LogP) is -0.903. The maximum atomic E-state index is 10.8. The van der Waals surface area contributed by atoms with E-state index in [1.165, 1.54) is 13.1 Å². The molecule has 0 aromatic heterocycles. The van der Waals surface area contributed by atoms with Crippen LogP contribution in [0.15, 0.2) is 16.8 Å². The highest BCUT2D eigenvalue weighted by atomic mass is 16.3. The van der Waals surface area contributed by atoms with E-state index in [-0.39, 0.29) is 12.0 Å². The van der Waals surface area contributed by atoms with Gasteiger partial charge in [-0.2, -0.15) is 0 Å². The topological polar surface area (TPSA) is 85.8 Å². The number of allylic oxidation sites excluding steroid dienone is 1. The van der Waals surface area contributed by atoms with Gasteiger partial charge >= 0.3 is 6.03 Å². The van der Waals surface area contributed by atoms with Gasteiger partial charge in [0, 0.05) is 12.7 Å².